The van der Waals surface area contributed by atoms with Crippen molar-refractivity contribution < 1.29 is 5.11 Å². The summed E-state index contributed by atoms with van der Waals surface area (Å²) in [6.45, 7) is 0. The van der Waals surface area contributed by atoms with Gasteiger partial charge in [-0.2, -0.15) is 0 Å². The van der Waals surface area contributed by atoms with Gasteiger partial charge in [-0.3, -0.25) is 0 Å². The van der Waals surface area contributed by atoms with Crippen molar-refractivity contribution in [3.05, 3.63) is 89.0 Å². The lowest BCUT2D eigenvalue weighted by Crippen LogP contribution is -2.11. The number of fused-ring (bicyclic) bond motifs is 2. The van der Waals surface area contributed by atoms with Crippen LogP contribution in [-0.4, -0.2) is 5.11 Å². The molecule has 3 aromatic rings. The second-order valence-corrected chi connectivity index (χ2v) is 5.93. The van der Waals surface area contributed by atoms with Crippen LogP contribution in [0.1, 0.15) is 29.2 Å². The van der Waals surface area contributed by atoms with Crippen molar-refractivity contribution in [3.63, 3.8) is 0 Å². The van der Waals surface area contributed by atoms with Crippen LogP contribution in [0.4, 0.5) is 0 Å². The van der Waals surface area contributed by atoms with Gasteiger partial charge in [-0.05, 0) is 51.9 Å². The van der Waals surface area contributed by atoms with E-state index in [9.17, 15) is 5.11 Å². The van der Waals surface area contributed by atoms with Crippen molar-refractivity contribution in [2.45, 2.75) is 18.9 Å². The maximum atomic E-state index is 10.6. The molecule has 0 amide bonds. The van der Waals surface area contributed by atoms with E-state index in [4.69, 9.17) is 0 Å². The van der Waals surface area contributed by atoms with Crippen LogP contribution < -0.4 is 0 Å². The van der Waals surface area contributed by atoms with Gasteiger partial charge >= 0.3 is 0 Å². The summed E-state index contributed by atoms with van der Waals surface area (Å²) in [6.07, 6.45) is 3.60. The monoisotopic (exact) mass is 286 g/mol. The average Bonchev–Trinajstić information content (AvgIpc) is 2.57. The highest BCUT2D eigenvalue weighted by atomic mass is 16.3. The first-order chi connectivity index (χ1) is 10.8. The summed E-state index contributed by atoms with van der Waals surface area (Å²) in [5.41, 5.74) is 4.59. The van der Waals surface area contributed by atoms with Crippen LogP contribution in [0, 0.1) is 0 Å². The fraction of sp³-hybridized carbons (Fsp3) is 0.143. The van der Waals surface area contributed by atoms with Gasteiger partial charge in [0.25, 0.3) is 0 Å². The van der Waals surface area contributed by atoms with Crippen molar-refractivity contribution in [1.82, 2.24) is 0 Å². The van der Waals surface area contributed by atoms with Gasteiger partial charge in [0.1, 0.15) is 6.10 Å². The third kappa shape index (κ3) is 2.34. The summed E-state index contributed by atoms with van der Waals surface area (Å²) in [5, 5.41) is 13.1. The second kappa shape index (κ2) is 5.43. The van der Waals surface area contributed by atoms with Gasteiger partial charge in [0, 0.05) is 0 Å². The zero-order valence-corrected chi connectivity index (χ0v) is 12.4. The van der Waals surface area contributed by atoms with Crippen molar-refractivity contribution >= 4 is 16.8 Å². The lowest BCUT2D eigenvalue weighted by atomic mass is 9.85. The molecular formula is C21H18O. The first-order valence-corrected chi connectivity index (χ1v) is 7.76. The molecule has 1 N–H and O–H groups in total. The maximum Gasteiger partial charge on any atom is 0.101 e. The molecule has 0 saturated carbocycles. The minimum absolute atomic E-state index is 0.476. The first kappa shape index (κ1) is 13.3. The Morgan fingerprint density at radius 1 is 0.818 bits per heavy atom. The van der Waals surface area contributed by atoms with E-state index in [0.717, 1.165) is 29.5 Å². The molecule has 0 spiro atoms. The van der Waals surface area contributed by atoms with Crippen LogP contribution in [0.2, 0.25) is 0 Å². The summed E-state index contributed by atoms with van der Waals surface area (Å²) >= 11 is 0. The van der Waals surface area contributed by atoms with Crippen LogP contribution in [0.25, 0.3) is 16.8 Å². The third-order valence-corrected chi connectivity index (χ3v) is 4.51. The van der Waals surface area contributed by atoms with Gasteiger partial charge in [0.05, 0.1) is 0 Å². The first-order valence-electron chi connectivity index (χ1n) is 7.76. The summed E-state index contributed by atoms with van der Waals surface area (Å²) in [7, 11) is 0. The third-order valence-electron chi connectivity index (χ3n) is 4.51. The molecule has 3 aromatic carbocycles. The minimum atomic E-state index is -0.476. The quantitative estimate of drug-likeness (QED) is 0.674. The maximum absolute atomic E-state index is 10.6. The van der Waals surface area contributed by atoms with Gasteiger partial charge in [-0.15, -0.1) is 0 Å². The van der Waals surface area contributed by atoms with E-state index in [0.29, 0.717) is 0 Å². The zero-order chi connectivity index (χ0) is 14.9. The van der Waals surface area contributed by atoms with Gasteiger partial charge in [-0.1, -0.05) is 66.7 Å². The molecule has 0 bridgehead atoms. The molecule has 1 aliphatic carbocycles. The molecule has 4 rings (SSSR count). The molecule has 22 heavy (non-hydrogen) atoms. The Balaban J connectivity index is 1.73. The number of rotatable bonds is 1. The normalized spacial score (nSPS) is 19.3. The highest BCUT2D eigenvalue weighted by molar-refractivity contribution is 5.84. The van der Waals surface area contributed by atoms with Gasteiger partial charge < -0.3 is 5.11 Å². The number of aryl methyl sites for hydroxylation is 1. The van der Waals surface area contributed by atoms with E-state index in [2.05, 4.69) is 54.6 Å². The molecule has 1 aliphatic rings. The molecule has 0 fully saturated rings. The molecule has 108 valence electrons. The van der Waals surface area contributed by atoms with Crippen LogP contribution in [-0.2, 0) is 6.42 Å². The Morgan fingerprint density at radius 2 is 1.59 bits per heavy atom. The predicted molar refractivity (Wildman–Crippen MR) is 91.6 cm³/mol. The number of aliphatic hydroxyl groups excluding tert-OH is 1. The van der Waals surface area contributed by atoms with Crippen LogP contribution in [0.5, 0.6) is 0 Å². The van der Waals surface area contributed by atoms with E-state index in [1.54, 1.807) is 0 Å². The van der Waals surface area contributed by atoms with Crippen molar-refractivity contribution in [1.29, 1.82) is 0 Å². The molecule has 1 heteroatoms. The van der Waals surface area contributed by atoms with Crippen LogP contribution in [0.3, 0.4) is 0 Å². The molecule has 1 unspecified atom stereocenters. The van der Waals surface area contributed by atoms with E-state index >= 15 is 0 Å². The number of aliphatic hydroxyl groups is 1. The summed E-state index contributed by atoms with van der Waals surface area (Å²) in [5.74, 6) is 0. The second-order valence-electron chi connectivity index (χ2n) is 5.93. The van der Waals surface area contributed by atoms with Crippen molar-refractivity contribution in [2.24, 2.45) is 0 Å². The highest BCUT2D eigenvalue weighted by Gasteiger charge is 2.21. The highest BCUT2D eigenvalue weighted by Crippen LogP contribution is 2.35. The molecule has 1 atom stereocenters. The van der Waals surface area contributed by atoms with Crippen LogP contribution in [0.15, 0.2) is 72.3 Å². The van der Waals surface area contributed by atoms with E-state index < -0.39 is 6.10 Å². The lowest BCUT2D eigenvalue weighted by molar-refractivity contribution is 0.206. The molecule has 1 nitrogen and oxygen atoms in total. The van der Waals surface area contributed by atoms with Gasteiger partial charge in [-0.25, -0.2) is 0 Å². The number of benzene rings is 3. The summed E-state index contributed by atoms with van der Waals surface area (Å²) < 4.78 is 0. The minimum Gasteiger partial charge on any atom is -0.384 e. The molecule has 0 saturated heterocycles. The Bertz CT molecular complexity index is 860. The molecule has 0 aromatic heterocycles. The Hall–Kier alpha value is -2.38. The number of hydrogen-bond donors (Lipinski definition) is 1. The van der Waals surface area contributed by atoms with Gasteiger partial charge in [0.2, 0.25) is 0 Å². The topological polar surface area (TPSA) is 20.2 Å². The Kier molecular flexibility index (Phi) is 3.28. The smallest absolute Gasteiger partial charge is 0.101 e. The summed E-state index contributed by atoms with van der Waals surface area (Å²) in [4.78, 5) is 0. The van der Waals surface area contributed by atoms with E-state index in [-0.39, 0.29) is 0 Å². The lowest BCUT2D eigenvalue weighted by Gasteiger charge is -2.24. The molecule has 0 radical (unpaired) electrons. The van der Waals surface area contributed by atoms with Gasteiger partial charge in [0.15, 0.2) is 0 Å². The molecule has 0 heterocycles. The van der Waals surface area contributed by atoms with Crippen LogP contribution >= 0.6 is 0 Å². The Morgan fingerprint density at radius 3 is 2.50 bits per heavy atom. The molecule has 0 aliphatic heterocycles. The summed E-state index contributed by atoms with van der Waals surface area (Å²) in [6, 6.07) is 23.0. The Labute approximate surface area is 130 Å². The SMILES string of the molecule is OC1/C(=C/c2ccc3ccccc3c2)CCc2ccccc21. The fourth-order valence-electron chi connectivity index (χ4n) is 3.31. The largest absolute Gasteiger partial charge is 0.384 e. The molecular weight excluding hydrogens is 268 g/mol. The predicted octanol–water partition coefficient (Wildman–Crippen LogP) is 4.90. The van der Waals surface area contributed by atoms with Crippen molar-refractivity contribution in [2.75, 3.05) is 0 Å². The average molecular weight is 286 g/mol. The standard InChI is InChI=1S/C21H18O/c22-21-19(12-11-17-6-3-4-8-20(17)21)14-15-9-10-16-5-1-2-7-18(16)13-15/h1-10,13-14,21-22H,11-12H2/b19-14+. The fourth-order valence-corrected chi connectivity index (χ4v) is 3.31. The number of hydrogen-bond acceptors (Lipinski definition) is 1. The van der Waals surface area contributed by atoms with E-state index in [1.165, 1.54) is 16.3 Å². The van der Waals surface area contributed by atoms with E-state index in [1.807, 2.05) is 18.2 Å². The van der Waals surface area contributed by atoms with Crippen molar-refractivity contribution in [3.8, 4) is 0 Å². The zero-order valence-electron chi connectivity index (χ0n) is 12.4.